The Morgan fingerprint density at radius 3 is 2.85 bits per heavy atom. The van der Waals surface area contributed by atoms with Crippen molar-refractivity contribution >= 4 is 11.7 Å². The molecule has 0 atom stereocenters. The molecule has 5 heteroatoms. The smallest absolute Gasteiger partial charge is 0.321 e. The van der Waals surface area contributed by atoms with Gasteiger partial charge in [-0.25, -0.2) is 4.79 Å². The van der Waals surface area contributed by atoms with Gasteiger partial charge in [0.25, 0.3) is 0 Å². The van der Waals surface area contributed by atoms with Crippen LogP contribution in [-0.2, 0) is 6.42 Å². The molecule has 1 N–H and O–H groups in total. The molecule has 3 rings (SSSR count). The molecule has 2 amide bonds. The van der Waals surface area contributed by atoms with Gasteiger partial charge in [-0.05, 0) is 30.3 Å². The molecule has 1 saturated heterocycles. The molecule has 1 fully saturated rings. The molecule has 108 valence electrons. The molecule has 0 spiro atoms. The number of likely N-dealkylation sites (N-methyl/N-ethyl adjacent to an activating group) is 1. The number of anilines is 1. The van der Waals surface area contributed by atoms with Crippen molar-refractivity contribution in [1.82, 2.24) is 9.80 Å². The van der Waals surface area contributed by atoms with Gasteiger partial charge in [-0.2, -0.15) is 0 Å². The lowest BCUT2D eigenvalue weighted by atomic mass is 10.1. The summed E-state index contributed by atoms with van der Waals surface area (Å²) in [4.78, 5) is 16.5. The minimum Gasteiger partial charge on any atom is -0.493 e. The van der Waals surface area contributed by atoms with Gasteiger partial charge in [-0.1, -0.05) is 6.92 Å². The van der Waals surface area contributed by atoms with Crippen molar-refractivity contribution < 1.29 is 9.53 Å². The van der Waals surface area contributed by atoms with Crippen LogP contribution in [0.25, 0.3) is 0 Å². The third-order valence-corrected chi connectivity index (χ3v) is 4.05. The monoisotopic (exact) mass is 275 g/mol. The van der Waals surface area contributed by atoms with E-state index in [4.69, 9.17) is 4.74 Å². The van der Waals surface area contributed by atoms with Crippen LogP contribution in [0.2, 0.25) is 0 Å². The average molecular weight is 275 g/mol. The van der Waals surface area contributed by atoms with Crippen LogP contribution >= 0.6 is 0 Å². The number of hydrogen-bond acceptors (Lipinski definition) is 3. The quantitative estimate of drug-likeness (QED) is 0.895. The standard InChI is InChI=1S/C15H21N3O2/c1-2-17-6-8-18(9-7-17)15(19)16-13-3-4-14-12(11-13)5-10-20-14/h3-4,11H,2,5-10H2,1H3,(H,16,19). The average Bonchev–Trinajstić information content (AvgIpc) is 2.95. The van der Waals surface area contributed by atoms with Crippen LogP contribution in [0.15, 0.2) is 18.2 Å². The number of fused-ring (bicyclic) bond motifs is 1. The zero-order chi connectivity index (χ0) is 13.9. The Morgan fingerprint density at radius 2 is 2.10 bits per heavy atom. The number of rotatable bonds is 2. The summed E-state index contributed by atoms with van der Waals surface area (Å²) in [6.45, 7) is 7.47. The van der Waals surface area contributed by atoms with Gasteiger partial charge < -0.3 is 19.9 Å². The van der Waals surface area contributed by atoms with Crippen LogP contribution in [0, 0.1) is 0 Å². The predicted molar refractivity (Wildman–Crippen MR) is 78.3 cm³/mol. The molecule has 5 nitrogen and oxygen atoms in total. The molecular formula is C15H21N3O2. The van der Waals surface area contributed by atoms with Gasteiger partial charge in [0, 0.05) is 38.3 Å². The van der Waals surface area contributed by atoms with E-state index in [9.17, 15) is 4.79 Å². The van der Waals surface area contributed by atoms with E-state index in [2.05, 4.69) is 17.1 Å². The summed E-state index contributed by atoms with van der Waals surface area (Å²) in [7, 11) is 0. The van der Waals surface area contributed by atoms with Crippen LogP contribution in [0.1, 0.15) is 12.5 Å². The third-order valence-electron chi connectivity index (χ3n) is 4.05. The van der Waals surface area contributed by atoms with E-state index in [1.54, 1.807) is 0 Å². The first-order chi connectivity index (χ1) is 9.76. The van der Waals surface area contributed by atoms with Crippen molar-refractivity contribution in [2.75, 3.05) is 44.6 Å². The van der Waals surface area contributed by atoms with E-state index >= 15 is 0 Å². The molecule has 0 aromatic heterocycles. The number of hydrogen-bond donors (Lipinski definition) is 1. The summed E-state index contributed by atoms with van der Waals surface area (Å²) in [5, 5.41) is 2.99. The predicted octanol–water partition coefficient (Wildman–Crippen LogP) is 1.79. The Labute approximate surface area is 119 Å². The van der Waals surface area contributed by atoms with Crippen LogP contribution in [0.4, 0.5) is 10.5 Å². The van der Waals surface area contributed by atoms with Gasteiger partial charge in [0.2, 0.25) is 0 Å². The lowest BCUT2D eigenvalue weighted by Crippen LogP contribution is -2.49. The van der Waals surface area contributed by atoms with Gasteiger partial charge in [-0.3, -0.25) is 0 Å². The summed E-state index contributed by atoms with van der Waals surface area (Å²) in [6.07, 6.45) is 0.925. The molecule has 2 aliphatic rings. The molecule has 2 aliphatic heterocycles. The van der Waals surface area contributed by atoms with Crippen LogP contribution in [-0.4, -0.2) is 55.2 Å². The number of carbonyl (C=O) groups is 1. The van der Waals surface area contributed by atoms with Gasteiger partial charge in [-0.15, -0.1) is 0 Å². The maximum atomic E-state index is 12.2. The Morgan fingerprint density at radius 1 is 1.30 bits per heavy atom. The Kier molecular flexibility index (Phi) is 3.78. The van der Waals surface area contributed by atoms with E-state index < -0.39 is 0 Å². The van der Waals surface area contributed by atoms with Crippen molar-refractivity contribution in [3.63, 3.8) is 0 Å². The summed E-state index contributed by atoms with van der Waals surface area (Å²) >= 11 is 0. The zero-order valence-electron chi connectivity index (χ0n) is 11.9. The normalized spacial score (nSPS) is 18.6. The fourth-order valence-corrected chi connectivity index (χ4v) is 2.73. The lowest BCUT2D eigenvalue weighted by Gasteiger charge is -2.34. The molecule has 0 radical (unpaired) electrons. The van der Waals surface area contributed by atoms with Crippen molar-refractivity contribution in [2.45, 2.75) is 13.3 Å². The summed E-state index contributed by atoms with van der Waals surface area (Å²) in [6, 6.07) is 5.86. The summed E-state index contributed by atoms with van der Waals surface area (Å²) < 4.78 is 5.47. The second kappa shape index (κ2) is 5.71. The Bertz CT molecular complexity index is 496. The summed E-state index contributed by atoms with van der Waals surface area (Å²) in [5.74, 6) is 0.944. The number of carbonyl (C=O) groups excluding carboxylic acids is 1. The number of amides is 2. The van der Waals surface area contributed by atoms with Gasteiger partial charge in [0.05, 0.1) is 6.61 Å². The van der Waals surface area contributed by atoms with Crippen LogP contribution in [0.3, 0.4) is 0 Å². The molecule has 1 aromatic carbocycles. The van der Waals surface area contributed by atoms with Crippen molar-refractivity contribution in [3.8, 4) is 5.75 Å². The number of piperazine rings is 1. The first kappa shape index (κ1) is 13.2. The molecular weight excluding hydrogens is 254 g/mol. The van der Waals surface area contributed by atoms with Crippen LogP contribution in [0.5, 0.6) is 5.75 Å². The highest BCUT2D eigenvalue weighted by molar-refractivity contribution is 5.89. The SMILES string of the molecule is CCN1CCN(C(=O)Nc2ccc3c(c2)CCO3)CC1. The summed E-state index contributed by atoms with van der Waals surface area (Å²) in [5.41, 5.74) is 2.04. The first-order valence-electron chi connectivity index (χ1n) is 7.30. The maximum absolute atomic E-state index is 12.2. The highest BCUT2D eigenvalue weighted by Gasteiger charge is 2.20. The highest BCUT2D eigenvalue weighted by atomic mass is 16.5. The zero-order valence-corrected chi connectivity index (χ0v) is 11.9. The molecule has 2 heterocycles. The number of urea groups is 1. The minimum atomic E-state index is -0.000353. The van der Waals surface area contributed by atoms with Crippen molar-refractivity contribution in [2.24, 2.45) is 0 Å². The largest absolute Gasteiger partial charge is 0.493 e. The van der Waals surface area contributed by atoms with E-state index in [0.29, 0.717) is 0 Å². The number of nitrogens with one attached hydrogen (secondary N) is 1. The molecule has 1 aromatic rings. The van der Waals surface area contributed by atoms with E-state index in [0.717, 1.165) is 57.2 Å². The minimum absolute atomic E-state index is 0.000353. The second-order valence-corrected chi connectivity index (χ2v) is 5.27. The van der Waals surface area contributed by atoms with Gasteiger partial charge >= 0.3 is 6.03 Å². The number of benzene rings is 1. The third kappa shape index (κ3) is 2.72. The maximum Gasteiger partial charge on any atom is 0.321 e. The lowest BCUT2D eigenvalue weighted by molar-refractivity contribution is 0.151. The molecule has 0 bridgehead atoms. The number of nitrogens with zero attached hydrogens (tertiary/aromatic N) is 2. The van der Waals surface area contributed by atoms with E-state index in [-0.39, 0.29) is 6.03 Å². The molecule has 0 aliphatic carbocycles. The fraction of sp³-hybridized carbons (Fsp3) is 0.533. The molecule has 0 saturated carbocycles. The van der Waals surface area contributed by atoms with Gasteiger partial charge in [0.15, 0.2) is 0 Å². The van der Waals surface area contributed by atoms with E-state index in [1.165, 1.54) is 5.56 Å². The van der Waals surface area contributed by atoms with Crippen molar-refractivity contribution in [3.05, 3.63) is 23.8 Å². The second-order valence-electron chi connectivity index (χ2n) is 5.27. The fourth-order valence-electron chi connectivity index (χ4n) is 2.73. The Balaban J connectivity index is 1.59. The molecule has 0 unspecified atom stereocenters. The van der Waals surface area contributed by atoms with Crippen LogP contribution < -0.4 is 10.1 Å². The highest BCUT2D eigenvalue weighted by Crippen LogP contribution is 2.27. The van der Waals surface area contributed by atoms with E-state index in [1.807, 2.05) is 23.1 Å². The Hall–Kier alpha value is -1.75. The first-order valence-corrected chi connectivity index (χ1v) is 7.30. The van der Waals surface area contributed by atoms with Gasteiger partial charge in [0.1, 0.15) is 5.75 Å². The number of ether oxygens (including phenoxy) is 1. The molecule has 20 heavy (non-hydrogen) atoms. The van der Waals surface area contributed by atoms with Crippen molar-refractivity contribution in [1.29, 1.82) is 0 Å². The topological polar surface area (TPSA) is 44.8 Å².